The third-order valence-electron chi connectivity index (χ3n) is 2.04. The summed E-state index contributed by atoms with van der Waals surface area (Å²) in [6, 6.07) is 5.07. The number of nitrogens with zero attached hydrogens (tertiary/aromatic N) is 1. The van der Waals surface area contributed by atoms with Crippen LogP contribution in [-0.4, -0.2) is 25.0 Å². The van der Waals surface area contributed by atoms with Crippen molar-refractivity contribution in [2.75, 3.05) is 13.2 Å². The standard InChI is InChI=1S/C12H10ClFN2O3/c13-10-6-8(14)2-3-9(10)12(18)19-7-11(17)16-5-1-4-15/h2-3,6H,1,5,7H2,(H,16,17). The van der Waals surface area contributed by atoms with Gasteiger partial charge in [-0.15, -0.1) is 0 Å². The van der Waals surface area contributed by atoms with Crippen LogP contribution in [0.3, 0.4) is 0 Å². The second-order valence-electron chi connectivity index (χ2n) is 3.46. The van der Waals surface area contributed by atoms with Crippen molar-refractivity contribution in [1.29, 1.82) is 5.26 Å². The summed E-state index contributed by atoms with van der Waals surface area (Å²) in [5.74, 6) is -1.92. The molecule has 0 radical (unpaired) electrons. The summed E-state index contributed by atoms with van der Waals surface area (Å²) in [7, 11) is 0. The Morgan fingerprint density at radius 1 is 1.47 bits per heavy atom. The third kappa shape index (κ3) is 4.94. The molecule has 1 amide bonds. The fraction of sp³-hybridized carbons (Fsp3) is 0.250. The summed E-state index contributed by atoms with van der Waals surface area (Å²) in [6.07, 6.45) is 0.170. The van der Waals surface area contributed by atoms with Crippen molar-refractivity contribution in [3.05, 3.63) is 34.6 Å². The van der Waals surface area contributed by atoms with Gasteiger partial charge in [0.15, 0.2) is 6.61 Å². The first-order valence-electron chi connectivity index (χ1n) is 5.30. The summed E-state index contributed by atoms with van der Waals surface area (Å²) >= 11 is 5.66. The Hall–Kier alpha value is -2.13. The zero-order valence-electron chi connectivity index (χ0n) is 9.78. The monoisotopic (exact) mass is 284 g/mol. The van der Waals surface area contributed by atoms with Crippen LogP contribution < -0.4 is 5.32 Å². The van der Waals surface area contributed by atoms with Gasteiger partial charge in [0.25, 0.3) is 5.91 Å². The molecule has 0 saturated heterocycles. The van der Waals surface area contributed by atoms with Crippen molar-refractivity contribution in [2.45, 2.75) is 6.42 Å². The molecule has 5 nitrogen and oxygen atoms in total. The van der Waals surface area contributed by atoms with E-state index in [-0.39, 0.29) is 23.6 Å². The number of benzene rings is 1. The van der Waals surface area contributed by atoms with Crippen molar-refractivity contribution in [1.82, 2.24) is 5.32 Å². The van der Waals surface area contributed by atoms with Gasteiger partial charge in [-0.1, -0.05) is 11.6 Å². The van der Waals surface area contributed by atoms with Gasteiger partial charge in [0.1, 0.15) is 5.82 Å². The molecule has 0 saturated carbocycles. The summed E-state index contributed by atoms with van der Waals surface area (Å²) in [6.45, 7) is -0.303. The molecule has 100 valence electrons. The summed E-state index contributed by atoms with van der Waals surface area (Å²) in [5, 5.41) is 10.6. The lowest BCUT2D eigenvalue weighted by Gasteiger charge is -2.06. The predicted molar refractivity (Wildman–Crippen MR) is 64.9 cm³/mol. The lowest BCUT2D eigenvalue weighted by molar-refractivity contribution is -0.124. The van der Waals surface area contributed by atoms with Crippen molar-refractivity contribution in [3.8, 4) is 6.07 Å². The number of ether oxygens (including phenoxy) is 1. The third-order valence-corrected chi connectivity index (χ3v) is 2.36. The largest absolute Gasteiger partial charge is 0.452 e. The first kappa shape index (κ1) is 14.9. The number of hydrogen-bond acceptors (Lipinski definition) is 4. The van der Waals surface area contributed by atoms with Crippen LogP contribution in [0.4, 0.5) is 4.39 Å². The molecule has 0 aliphatic carbocycles. The van der Waals surface area contributed by atoms with Crippen LogP contribution in [0.25, 0.3) is 0 Å². The van der Waals surface area contributed by atoms with Crippen LogP contribution in [0.15, 0.2) is 18.2 Å². The molecule has 0 bridgehead atoms. The average molecular weight is 285 g/mol. The quantitative estimate of drug-likeness (QED) is 0.659. The average Bonchev–Trinajstić information content (AvgIpc) is 2.36. The molecule has 0 unspecified atom stereocenters. The van der Waals surface area contributed by atoms with Gasteiger partial charge in [0, 0.05) is 6.54 Å². The first-order chi connectivity index (χ1) is 9.04. The minimum atomic E-state index is -0.819. The van der Waals surface area contributed by atoms with E-state index in [2.05, 4.69) is 5.32 Å². The van der Waals surface area contributed by atoms with E-state index in [4.69, 9.17) is 21.6 Å². The Bertz CT molecular complexity index is 528. The van der Waals surface area contributed by atoms with E-state index in [0.717, 1.165) is 12.1 Å². The molecule has 0 atom stereocenters. The highest BCUT2D eigenvalue weighted by atomic mass is 35.5. The van der Waals surface area contributed by atoms with Crippen LogP contribution in [0.1, 0.15) is 16.8 Å². The van der Waals surface area contributed by atoms with E-state index in [0.29, 0.717) is 0 Å². The maximum absolute atomic E-state index is 12.8. The van der Waals surface area contributed by atoms with Crippen LogP contribution in [0.2, 0.25) is 5.02 Å². The maximum Gasteiger partial charge on any atom is 0.340 e. The molecule has 1 aromatic carbocycles. The van der Waals surface area contributed by atoms with Gasteiger partial charge in [0.05, 0.1) is 23.1 Å². The molecule has 1 rings (SSSR count). The normalized spacial score (nSPS) is 9.53. The van der Waals surface area contributed by atoms with Crippen LogP contribution in [0, 0.1) is 17.1 Å². The highest BCUT2D eigenvalue weighted by Crippen LogP contribution is 2.17. The second kappa shape index (κ2) is 7.34. The minimum absolute atomic E-state index is 0.0205. The Labute approximate surface area is 113 Å². The molecule has 1 N–H and O–H groups in total. The number of halogens is 2. The minimum Gasteiger partial charge on any atom is -0.452 e. The van der Waals surface area contributed by atoms with Crippen LogP contribution in [-0.2, 0) is 9.53 Å². The van der Waals surface area contributed by atoms with Crippen molar-refractivity contribution in [2.24, 2.45) is 0 Å². The first-order valence-corrected chi connectivity index (χ1v) is 5.68. The van der Waals surface area contributed by atoms with E-state index in [1.165, 1.54) is 6.07 Å². The lowest BCUT2D eigenvalue weighted by atomic mass is 10.2. The van der Waals surface area contributed by atoms with Gasteiger partial charge in [-0.3, -0.25) is 4.79 Å². The molecule has 0 aromatic heterocycles. The SMILES string of the molecule is N#CCCNC(=O)COC(=O)c1ccc(F)cc1Cl. The van der Waals surface area contributed by atoms with Gasteiger partial charge >= 0.3 is 5.97 Å². The predicted octanol–water partition coefficient (Wildman–Crippen LogP) is 1.67. The summed E-state index contributed by atoms with van der Waals surface area (Å²) < 4.78 is 17.5. The Kier molecular flexibility index (Phi) is 5.76. The topological polar surface area (TPSA) is 79.2 Å². The molecule has 0 heterocycles. The Balaban J connectivity index is 2.47. The van der Waals surface area contributed by atoms with E-state index in [1.54, 1.807) is 0 Å². The van der Waals surface area contributed by atoms with Crippen molar-refractivity contribution >= 4 is 23.5 Å². The number of hydrogen-bond donors (Lipinski definition) is 1. The second-order valence-corrected chi connectivity index (χ2v) is 3.87. The number of nitriles is 1. The fourth-order valence-electron chi connectivity index (χ4n) is 1.17. The Morgan fingerprint density at radius 3 is 2.84 bits per heavy atom. The molecule has 7 heteroatoms. The van der Waals surface area contributed by atoms with E-state index < -0.39 is 24.3 Å². The van der Waals surface area contributed by atoms with Gasteiger partial charge in [0.2, 0.25) is 0 Å². The molecule has 0 aliphatic heterocycles. The smallest absolute Gasteiger partial charge is 0.340 e. The zero-order chi connectivity index (χ0) is 14.3. The van der Waals surface area contributed by atoms with Crippen LogP contribution >= 0.6 is 11.6 Å². The number of nitrogens with one attached hydrogen (secondary N) is 1. The lowest BCUT2D eigenvalue weighted by Crippen LogP contribution is -2.29. The van der Waals surface area contributed by atoms with E-state index in [1.807, 2.05) is 6.07 Å². The van der Waals surface area contributed by atoms with Gasteiger partial charge in [-0.05, 0) is 18.2 Å². The summed E-state index contributed by atoms with van der Waals surface area (Å²) in [4.78, 5) is 22.8. The highest BCUT2D eigenvalue weighted by Gasteiger charge is 2.14. The molecule has 0 fully saturated rings. The fourth-order valence-corrected chi connectivity index (χ4v) is 1.42. The molecular weight excluding hydrogens is 275 g/mol. The summed E-state index contributed by atoms with van der Waals surface area (Å²) in [5.41, 5.74) is -0.0205. The number of carbonyl (C=O) groups is 2. The molecule has 0 spiro atoms. The van der Waals surface area contributed by atoms with Gasteiger partial charge in [-0.25, -0.2) is 9.18 Å². The molecule has 1 aromatic rings. The van der Waals surface area contributed by atoms with Crippen molar-refractivity contribution < 1.29 is 18.7 Å². The number of carbonyl (C=O) groups excluding carboxylic acids is 2. The molecular formula is C12H10ClFN2O3. The Morgan fingerprint density at radius 2 is 2.21 bits per heavy atom. The van der Waals surface area contributed by atoms with Crippen molar-refractivity contribution in [3.63, 3.8) is 0 Å². The highest BCUT2D eigenvalue weighted by molar-refractivity contribution is 6.33. The number of esters is 1. The zero-order valence-corrected chi connectivity index (χ0v) is 10.5. The maximum atomic E-state index is 12.8. The van der Waals surface area contributed by atoms with Gasteiger partial charge in [-0.2, -0.15) is 5.26 Å². The molecule has 19 heavy (non-hydrogen) atoms. The van der Waals surface area contributed by atoms with Crippen LogP contribution in [0.5, 0.6) is 0 Å². The van der Waals surface area contributed by atoms with E-state index >= 15 is 0 Å². The number of amides is 1. The van der Waals surface area contributed by atoms with E-state index in [9.17, 15) is 14.0 Å². The van der Waals surface area contributed by atoms with Gasteiger partial charge < -0.3 is 10.1 Å². The molecule has 0 aliphatic rings. The number of rotatable bonds is 5.